The van der Waals surface area contributed by atoms with Crippen molar-refractivity contribution in [1.82, 2.24) is 0 Å². The molecule has 0 N–H and O–H groups in total. The van der Waals surface area contributed by atoms with Crippen molar-refractivity contribution in [2.24, 2.45) is 5.41 Å². The number of benzene rings is 1. The number of ether oxygens (including phenoxy) is 2. The fourth-order valence-corrected chi connectivity index (χ4v) is 1.91. The van der Waals surface area contributed by atoms with Crippen LogP contribution in [0.15, 0.2) is 18.2 Å². The van der Waals surface area contributed by atoms with Gasteiger partial charge in [0.2, 0.25) is 0 Å². The summed E-state index contributed by atoms with van der Waals surface area (Å²) in [7, 11) is 1.65. The van der Waals surface area contributed by atoms with E-state index in [-0.39, 0.29) is 0 Å². The summed E-state index contributed by atoms with van der Waals surface area (Å²) in [5.41, 5.74) is 1.36. The van der Waals surface area contributed by atoms with Crippen molar-refractivity contribution >= 4 is 11.6 Å². The van der Waals surface area contributed by atoms with E-state index in [4.69, 9.17) is 21.1 Å². The number of rotatable bonds is 6. The van der Waals surface area contributed by atoms with Crippen LogP contribution in [0.2, 0.25) is 0 Å². The smallest absolute Gasteiger partial charge is 0.127 e. The molecule has 0 atom stereocenters. The summed E-state index contributed by atoms with van der Waals surface area (Å²) >= 11 is 5.89. The summed E-state index contributed by atoms with van der Waals surface area (Å²) in [6.07, 6.45) is 2.19. The molecule has 102 valence electrons. The fraction of sp³-hybridized carbons (Fsp3) is 0.600. The van der Waals surface area contributed by atoms with Crippen molar-refractivity contribution in [3.8, 4) is 11.5 Å². The molecule has 0 unspecified atom stereocenters. The molecule has 0 heterocycles. The van der Waals surface area contributed by atoms with E-state index in [0.717, 1.165) is 29.9 Å². The maximum Gasteiger partial charge on any atom is 0.127 e. The van der Waals surface area contributed by atoms with Gasteiger partial charge < -0.3 is 9.47 Å². The molecule has 2 nitrogen and oxygen atoms in total. The Bertz CT molecular complexity index is 369. The highest BCUT2D eigenvalue weighted by Crippen LogP contribution is 2.27. The summed E-state index contributed by atoms with van der Waals surface area (Å²) in [6, 6.07) is 5.75. The van der Waals surface area contributed by atoms with E-state index in [9.17, 15) is 0 Å². The van der Waals surface area contributed by atoms with Gasteiger partial charge in [-0.1, -0.05) is 26.8 Å². The maximum absolute atomic E-state index is 5.89. The van der Waals surface area contributed by atoms with E-state index in [1.165, 1.54) is 0 Å². The van der Waals surface area contributed by atoms with Crippen molar-refractivity contribution in [3.63, 3.8) is 0 Å². The molecule has 0 amide bonds. The van der Waals surface area contributed by atoms with Gasteiger partial charge in [-0.3, -0.25) is 0 Å². The van der Waals surface area contributed by atoms with Crippen molar-refractivity contribution in [1.29, 1.82) is 0 Å². The summed E-state index contributed by atoms with van der Waals surface area (Å²) in [4.78, 5) is 0. The lowest BCUT2D eigenvalue weighted by Crippen LogP contribution is -2.08. The summed E-state index contributed by atoms with van der Waals surface area (Å²) in [5, 5.41) is 0. The van der Waals surface area contributed by atoms with E-state index in [2.05, 4.69) is 20.8 Å². The number of halogens is 1. The van der Waals surface area contributed by atoms with Crippen LogP contribution in [0.25, 0.3) is 0 Å². The average molecular weight is 271 g/mol. The van der Waals surface area contributed by atoms with E-state index in [0.29, 0.717) is 17.9 Å². The molecular formula is C15H23ClO2. The molecule has 0 bridgehead atoms. The first-order valence-corrected chi connectivity index (χ1v) is 6.85. The maximum atomic E-state index is 5.89. The molecule has 0 aliphatic rings. The van der Waals surface area contributed by atoms with Crippen LogP contribution in [0.1, 0.15) is 39.2 Å². The third-order valence-corrected chi connectivity index (χ3v) is 3.03. The quantitative estimate of drug-likeness (QED) is 0.554. The summed E-state index contributed by atoms with van der Waals surface area (Å²) in [6.45, 7) is 7.43. The zero-order valence-electron chi connectivity index (χ0n) is 11.8. The molecule has 0 aliphatic heterocycles. The molecule has 0 saturated carbocycles. The zero-order valence-corrected chi connectivity index (χ0v) is 12.5. The van der Waals surface area contributed by atoms with Gasteiger partial charge in [-0.15, -0.1) is 11.6 Å². The van der Waals surface area contributed by atoms with Gasteiger partial charge in [0.05, 0.1) is 19.6 Å². The van der Waals surface area contributed by atoms with Crippen LogP contribution in [0, 0.1) is 5.41 Å². The Morgan fingerprint density at radius 2 is 1.94 bits per heavy atom. The van der Waals surface area contributed by atoms with Crippen molar-refractivity contribution < 1.29 is 9.47 Å². The van der Waals surface area contributed by atoms with E-state index >= 15 is 0 Å². The van der Waals surface area contributed by atoms with Gasteiger partial charge in [-0.05, 0) is 24.3 Å². The fourth-order valence-electron chi connectivity index (χ4n) is 1.69. The van der Waals surface area contributed by atoms with Crippen molar-refractivity contribution in [2.75, 3.05) is 13.7 Å². The van der Waals surface area contributed by atoms with Crippen molar-refractivity contribution in [3.05, 3.63) is 23.8 Å². The topological polar surface area (TPSA) is 18.5 Å². The van der Waals surface area contributed by atoms with Gasteiger partial charge in [-0.25, -0.2) is 0 Å². The van der Waals surface area contributed by atoms with Crippen LogP contribution in [0.3, 0.4) is 0 Å². The zero-order chi connectivity index (χ0) is 13.6. The Kier molecular flexibility index (Phi) is 5.80. The van der Waals surface area contributed by atoms with Crippen LogP contribution in [0.4, 0.5) is 0 Å². The Morgan fingerprint density at radius 1 is 1.22 bits per heavy atom. The van der Waals surface area contributed by atoms with Crippen LogP contribution in [-0.4, -0.2) is 13.7 Å². The van der Waals surface area contributed by atoms with Crippen LogP contribution < -0.4 is 9.47 Å². The Hall–Kier alpha value is -0.890. The minimum Gasteiger partial charge on any atom is -0.497 e. The molecule has 0 aliphatic carbocycles. The molecule has 18 heavy (non-hydrogen) atoms. The summed E-state index contributed by atoms with van der Waals surface area (Å²) < 4.78 is 11.0. The monoisotopic (exact) mass is 270 g/mol. The second-order valence-electron chi connectivity index (χ2n) is 5.62. The minimum absolute atomic E-state index is 0.354. The predicted octanol–water partition coefficient (Wildman–Crippen LogP) is 4.64. The second kappa shape index (κ2) is 6.89. The van der Waals surface area contributed by atoms with Gasteiger partial charge in [0, 0.05) is 11.6 Å². The molecular weight excluding hydrogens is 248 g/mol. The number of methoxy groups -OCH3 is 1. The third-order valence-electron chi connectivity index (χ3n) is 2.75. The first-order chi connectivity index (χ1) is 8.46. The van der Waals surface area contributed by atoms with E-state index in [1.54, 1.807) is 7.11 Å². The van der Waals surface area contributed by atoms with Crippen LogP contribution in [-0.2, 0) is 5.88 Å². The largest absolute Gasteiger partial charge is 0.497 e. The molecule has 1 aromatic carbocycles. The summed E-state index contributed by atoms with van der Waals surface area (Å²) in [5.74, 6) is 2.09. The van der Waals surface area contributed by atoms with Crippen molar-refractivity contribution in [2.45, 2.75) is 39.5 Å². The second-order valence-corrected chi connectivity index (χ2v) is 5.89. The first-order valence-electron chi connectivity index (χ1n) is 6.32. The Labute approximate surface area is 115 Å². The molecule has 0 aromatic heterocycles. The minimum atomic E-state index is 0.354. The lowest BCUT2D eigenvalue weighted by molar-refractivity contribution is 0.266. The number of hydrogen-bond acceptors (Lipinski definition) is 2. The lowest BCUT2D eigenvalue weighted by Gasteiger charge is -2.18. The van der Waals surface area contributed by atoms with Gasteiger partial charge >= 0.3 is 0 Å². The van der Waals surface area contributed by atoms with Gasteiger partial charge in [0.15, 0.2) is 0 Å². The Balaban J connectivity index is 2.54. The normalized spacial score (nSPS) is 11.4. The van der Waals surface area contributed by atoms with Gasteiger partial charge in [0.1, 0.15) is 11.5 Å². The lowest BCUT2D eigenvalue weighted by atomic mass is 9.91. The predicted molar refractivity (Wildman–Crippen MR) is 76.7 cm³/mol. The first kappa shape index (κ1) is 15.2. The molecule has 0 fully saturated rings. The number of alkyl halides is 1. The standard InChI is InChI=1S/C15H23ClO2/c1-15(2,3)8-5-9-18-14-10-13(17-4)7-6-12(14)11-16/h6-7,10H,5,8-9,11H2,1-4H3. The van der Waals surface area contributed by atoms with Gasteiger partial charge in [-0.2, -0.15) is 0 Å². The SMILES string of the molecule is COc1ccc(CCl)c(OCCCC(C)(C)C)c1. The third kappa shape index (κ3) is 5.18. The highest BCUT2D eigenvalue weighted by Gasteiger charge is 2.10. The van der Waals surface area contributed by atoms with Crippen LogP contribution >= 0.6 is 11.6 Å². The van der Waals surface area contributed by atoms with E-state index in [1.807, 2.05) is 18.2 Å². The molecule has 0 radical (unpaired) electrons. The molecule has 1 aromatic rings. The number of hydrogen-bond donors (Lipinski definition) is 0. The highest BCUT2D eigenvalue weighted by molar-refractivity contribution is 6.17. The molecule has 3 heteroatoms. The average Bonchev–Trinajstić information content (AvgIpc) is 2.33. The van der Waals surface area contributed by atoms with Crippen LogP contribution in [0.5, 0.6) is 11.5 Å². The molecule has 0 saturated heterocycles. The molecule has 1 rings (SSSR count). The Morgan fingerprint density at radius 3 is 2.50 bits per heavy atom. The highest BCUT2D eigenvalue weighted by atomic mass is 35.5. The van der Waals surface area contributed by atoms with Gasteiger partial charge in [0.25, 0.3) is 0 Å². The van der Waals surface area contributed by atoms with E-state index < -0.39 is 0 Å². The molecule has 0 spiro atoms.